The van der Waals surface area contributed by atoms with E-state index in [0.717, 1.165) is 19.3 Å². The van der Waals surface area contributed by atoms with E-state index < -0.39 is 0 Å². The van der Waals surface area contributed by atoms with Crippen LogP contribution in [0.3, 0.4) is 0 Å². The fourth-order valence-corrected chi connectivity index (χ4v) is 0.835. The third-order valence-electron chi connectivity index (χ3n) is 1.57. The summed E-state index contributed by atoms with van der Waals surface area (Å²) < 4.78 is 0. The number of aliphatic hydroxyl groups is 1. The van der Waals surface area contributed by atoms with Gasteiger partial charge in [0.25, 0.3) is 0 Å². The first-order valence-corrected chi connectivity index (χ1v) is 3.76. The predicted octanol–water partition coefficient (Wildman–Crippen LogP) is 2.13. The summed E-state index contributed by atoms with van der Waals surface area (Å²) in [6.45, 7) is 5.92. The highest BCUT2D eigenvalue weighted by Crippen LogP contribution is 2.08. The smallest absolute Gasteiger partial charge is 0.0433 e. The molecule has 10 heavy (non-hydrogen) atoms. The summed E-state index contributed by atoms with van der Waals surface area (Å²) in [5, 5.41) is 8.56. The average Bonchev–Trinajstić information content (AvgIpc) is 1.89. The molecule has 0 radical (unpaired) electrons. The normalized spacial score (nSPS) is 12.2. The fourth-order valence-electron chi connectivity index (χ4n) is 0.835. The van der Waals surface area contributed by atoms with Crippen LogP contribution in [0, 0.1) is 5.92 Å². The van der Waals surface area contributed by atoms with Gasteiger partial charge in [-0.1, -0.05) is 13.5 Å². The van der Waals surface area contributed by atoms with Gasteiger partial charge in [-0.05, 0) is 31.3 Å². The van der Waals surface area contributed by atoms with Crippen molar-refractivity contribution in [3.05, 3.63) is 18.4 Å². The van der Waals surface area contributed by atoms with Gasteiger partial charge >= 0.3 is 0 Å². The Morgan fingerprint density at radius 1 is 1.60 bits per heavy atom. The van der Waals surface area contributed by atoms with Gasteiger partial charge in [0.1, 0.15) is 0 Å². The monoisotopic (exact) mass is 140 g/mol. The summed E-state index contributed by atoms with van der Waals surface area (Å²) in [7, 11) is 0. The molecule has 58 valence electrons. The van der Waals surface area contributed by atoms with E-state index in [1.54, 1.807) is 0 Å². The standard InChI is InChI=1S/C9H16O/c1-3-4-5-6-9(2)7-8-10/h4,9-10H,1,5-8H2,2H3. The van der Waals surface area contributed by atoms with Crippen molar-refractivity contribution >= 4 is 0 Å². The van der Waals surface area contributed by atoms with Crippen LogP contribution in [0.15, 0.2) is 18.4 Å². The lowest BCUT2D eigenvalue weighted by atomic mass is 10.0. The molecule has 0 aromatic heterocycles. The molecule has 0 aromatic carbocycles. The van der Waals surface area contributed by atoms with Gasteiger partial charge in [0.05, 0.1) is 0 Å². The molecule has 0 aliphatic carbocycles. The van der Waals surface area contributed by atoms with Crippen molar-refractivity contribution in [2.75, 3.05) is 6.61 Å². The first-order chi connectivity index (χ1) is 4.81. The first kappa shape index (κ1) is 9.48. The molecular formula is C9H16O. The molecule has 0 aliphatic heterocycles. The fraction of sp³-hybridized carbons (Fsp3) is 0.667. The maximum absolute atomic E-state index is 8.56. The Kier molecular flexibility index (Phi) is 6.25. The van der Waals surface area contributed by atoms with Crippen LogP contribution in [0.1, 0.15) is 26.2 Å². The second-order valence-corrected chi connectivity index (χ2v) is 2.60. The lowest BCUT2D eigenvalue weighted by Gasteiger charge is -2.05. The van der Waals surface area contributed by atoms with E-state index >= 15 is 0 Å². The van der Waals surface area contributed by atoms with E-state index in [0.29, 0.717) is 12.5 Å². The van der Waals surface area contributed by atoms with Crippen molar-refractivity contribution in [1.29, 1.82) is 0 Å². The molecule has 0 rings (SSSR count). The van der Waals surface area contributed by atoms with Crippen molar-refractivity contribution in [2.45, 2.75) is 26.2 Å². The zero-order valence-electron chi connectivity index (χ0n) is 6.64. The summed E-state index contributed by atoms with van der Waals surface area (Å²) in [6, 6.07) is 0. The van der Waals surface area contributed by atoms with E-state index in [1.165, 1.54) is 0 Å². The molecule has 1 heteroatoms. The van der Waals surface area contributed by atoms with Gasteiger partial charge < -0.3 is 5.11 Å². The van der Waals surface area contributed by atoms with Gasteiger partial charge in [-0.3, -0.25) is 0 Å². The number of hydrogen-bond donors (Lipinski definition) is 1. The van der Waals surface area contributed by atoms with Crippen molar-refractivity contribution in [2.24, 2.45) is 5.92 Å². The zero-order valence-corrected chi connectivity index (χ0v) is 6.64. The Bertz CT molecular complexity index is 112. The molecule has 0 heterocycles. The molecule has 0 aliphatic rings. The first-order valence-electron chi connectivity index (χ1n) is 3.76. The summed E-state index contributed by atoms with van der Waals surface area (Å²) in [5.41, 5.74) is 2.73. The van der Waals surface area contributed by atoms with Gasteiger partial charge in [0.2, 0.25) is 0 Å². The number of hydrogen-bond acceptors (Lipinski definition) is 1. The number of rotatable bonds is 5. The maximum Gasteiger partial charge on any atom is 0.0433 e. The van der Waals surface area contributed by atoms with Crippen LogP contribution in [0.4, 0.5) is 0 Å². The molecule has 0 fully saturated rings. The number of aliphatic hydroxyl groups excluding tert-OH is 1. The lowest BCUT2D eigenvalue weighted by Crippen LogP contribution is -1.96. The van der Waals surface area contributed by atoms with Crippen LogP contribution in [0.25, 0.3) is 0 Å². The predicted molar refractivity (Wildman–Crippen MR) is 43.8 cm³/mol. The largest absolute Gasteiger partial charge is 0.396 e. The molecule has 0 saturated carbocycles. The molecule has 0 aromatic rings. The minimum absolute atomic E-state index is 0.305. The Morgan fingerprint density at radius 2 is 2.30 bits per heavy atom. The quantitative estimate of drug-likeness (QED) is 0.580. The molecule has 0 amide bonds. The van der Waals surface area contributed by atoms with Crippen LogP contribution in [0.2, 0.25) is 0 Å². The van der Waals surface area contributed by atoms with Crippen molar-refractivity contribution in [3.8, 4) is 0 Å². The second kappa shape index (κ2) is 6.60. The van der Waals surface area contributed by atoms with Crippen molar-refractivity contribution in [1.82, 2.24) is 0 Å². The minimum Gasteiger partial charge on any atom is -0.396 e. The molecule has 0 spiro atoms. The van der Waals surface area contributed by atoms with E-state index in [4.69, 9.17) is 5.11 Å². The van der Waals surface area contributed by atoms with Gasteiger partial charge in [0, 0.05) is 6.61 Å². The number of allylic oxidation sites excluding steroid dienone is 1. The Morgan fingerprint density at radius 3 is 2.80 bits per heavy atom. The molecule has 0 bridgehead atoms. The van der Waals surface area contributed by atoms with Crippen LogP contribution in [0.5, 0.6) is 0 Å². The third-order valence-corrected chi connectivity index (χ3v) is 1.57. The van der Waals surface area contributed by atoms with Crippen LogP contribution in [-0.4, -0.2) is 11.7 Å². The third kappa shape index (κ3) is 5.61. The van der Waals surface area contributed by atoms with Crippen LogP contribution < -0.4 is 0 Å². The van der Waals surface area contributed by atoms with Crippen molar-refractivity contribution < 1.29 is 5.11 Å². The Balaban J connectivity index is 3.20. The molecule has 1 N–H and O–H groups in total. The lowest BCUT2D eigenvalue weighted by molar-refractivity contribution is 0.259. The minimum atomic E-state index is 0.305. The van der Waals surface area contributed by atoms with Crippen molar-refractivity contribution in [3.63, 3.8) is 0 Å². The summed E-state index contributed by atoms with van der Waals surface area (Å²) >= 11 is 0. The van der Waals surface area contributed by atoms with E-state index in [2.05, 4.69) is 19.2 Å². The van der Waals surface area contributed by atoms with Gasteiger partial charge in [-0.2, -0.15) is 0 Å². The van der Waals surface area contributed by atoms with Crippen LogP contribution in [-0.2, 0) is 0 Å². The summed E-state index contributed by atoms with van der Waals surface area (Å²) in [6.07, 6.45) is 5.01. The highest BCUT2D eigenvalue weighted by atomic mass is 16.2. The van der Waals surface area contributed by atoms with E-state index in [-0.39, 0.29) is 0 Å². The Labute approximate surface area is 63.1 Å². The average molecular weight is 140 g/mol. The zero-order chi connectivity index (χ0) is 7.82. The van der Waals surface area contributed by atoms with E-state index in [9.17, 15) is 0 Å². The Hall–Kier alpha value is -0.520. The van der Waals surface area contributed by atoms with Crippen LogP contribution >= 0.6 is 0 Å². The second-order valence-electron chi connectivity index (χ2n) is 2.60. The molecule has 1 unspecified atom stereocenters. The van der Waals surface area contributed by atoms with E-state index in [1.807, 2.05) is 6.08 Å². The summed E-state index contributed by atoms with van der Waals surface area (Å²) in [4.78, 5) is 0. The maximum atomic E-state index is 8.56. The molecule has 0 saturated heterocycles. The highest BCUT2D eigenvalue weighted by Gasteiger charge is 1.97. The van der Waals surface area contributed by atoms with Gasteiger partial charge in [-0.15, -0.1) is 5.73 Å². The molecular weight excluding hydrogens is 124 g/mol. The van der Waals surface area contributed by atoms with Gasteiger partial charge in [0.15, 0.2) is 0 Å². The SMILES string of the molecule is C=C=CCCC(C)CCO. The summed E-state index contributed by atoms with van der Waals surface area (Å²) in [5.74, 6) is 0.620. The molecule has 1 nitrogen and oxygen atoms in total. The van der Waals surface area contributed by atoms with Gasteiger partial charge in [-0.25, -0.2) is 0 Å². The topological polar surface area (TPSA) is 20.2 Å². The molecule has 1 atom stereocenters. The highest BCUT2D eigenvalue weighted by molar-refractivity contribution is 4.75.